The van der Waals surface area contributed by atoms with Gasteiger partial charge in [-0.05, 0) is 31.9 Å². The molecule has 1 heterocycles. The second-order valence-electron chi connectivity index (χ2n) is 3.83. The van der Waals surface area contributed by atoms with Crippen molar-refractivity contribution < 1.29 is 9.47 Å². The monoisotopic (exact) mass is 254 g/mol. The number of nitrogens with two attached hydrogens (primary N) is 2. The van der Waals surface area contributed by atoms with Crippen molar-refractivity contribution in [3.63, 3.8) is 0 Å². The third kappa shape index (κ3) is 4.23. The lowest BCUT2D eigenvalue weighted by molar-refractivity contribution is -0.153. The van der Waals surface area contributed by atoms with Crippen molar-refractivity contribution in [3.05, 3.63) is 24.0 Å². The largest absolute Gasteiger partial charge is 0.398 e. The molecule has 0 bridgehead atoms. The number of ether oxygens (including phenoxy) is 2. The molecule has 1 rings (SSSR count). The molecule has 0 radical (unpaired) electrons. The number of nitrogens with one attached hydrogen (secondary N) is 1. The van der Waals surface area contributed by atoms with Crippen LogP contribution in [-0.2, 0) is 15.9 Å². The van der Waals surface area contributed by atoms with Gasteiger partial charge >= 0.3 is 0 Å². The van der Waals surface area contributed by atoms with Gasteiger partial charge in [-0.3, -0.25) is 16.3 Å². The van der Waals surface area contributed by atoms with Crippen LogP contribution in [0.15, 0.2) is 18.5 Å². The van der Waals surface area contributed by atoms with Gasteiger partial charge in [-0.15, -0.1) is 0 Å². The molecule has 0 saturated heterocycles. The molecule has 6 heteroatoms. The van der Waals surface area contributed by atoms with E-state index in [1.165, 1.54) is 0 Å². The third-order valence-electron chi connectivity index (χ3n) is 2.59. The number of nitrogens with zero attached hydrogens (tertiary/aromatic N) is 1. The van der Waals surface area contributed by atoms with E-state index >= 15 is 0 Å². The van der Waals surface area contributed by atoms with Crippen molar-refractivity contribution in [3.8, 4) is 0 Å². The first kappa shape index (κ1) is 14.8. The van der Waals surface area contributed by atoms with Gasteiger partial charge in [-0.2, -0.15) is 0 Å². The molecule has 1 unspecified atom stereocenters. The van der Waals surface area contributed by atoms with Crippen LogP contribution in [0.2, 0.25) is 0 Å². The van der Waals surface area contributed by atoms with E-state index in [0.717, 1.165) is 5.56 Å². The van der Waals surface area contributed by atoms with E-state index in [0.29, 0.717) is 25.3 Å². The summed E-state index contributed by atoms with van der Waals surface area (Å²) in [4.78, 5) is 4.05. The molecular formula is C12H22N4O2. The fraction of sp³-hybridized carbons (Fsp3) is 0.583. The number of hydrogen-bond donors (Lipinski definition) is 3. The smallest absolute Gasteiger partial charge is 0.174 e. The third-order valence-corrected chi connectivity index (χ3v) is 2.59. The summed E-state index contributed by atoms with van der Waals surface area (Å²) in [5.74, 6) is 5.56. The van der Waals surface area contributed by atoms with Gasteiger partial charge in [0.1, 0.15) is 0 Å². The number of rotatable bonds is 8. The van der Waals surface area contributed by atoms with E-state index in [1.807, 2.05) is 13.8 Å². The Morgan fingerprint density at radius 2 is 2.00 bits per heavy atom. The molecular weight excluding hydrogens is 232 g/mol. The molecule has 0 aromatic carbocycles. The zero-order valence-electron chi connectivity index (χ0n) is 10.9. The molecule has 1 aromatic rings. The van der Waals surface area contributed by atoms with E-state index in [4.69, 9.17) is 21.1 Å². The first-order valence-corrected chi connectivity index (χ1v) is 6.10. The minimum atomic E-state index is -0.399. The highest BCUT2D eigenvalue weighted by Gasteiger charge is 2.22. The maximum absolute atomic E-state index is 5.88. The van der Waals surface area contributed by atoms with Crippen molar-refractivity contribution in [1.29, 1.82) is 0 Å². The lowest BCUT2D eigenvalue weighted by Crippen LogP contribution is -2.48. The fourth-order valence-electron chi connectivity index (χ4n) is 1.69. The molecule has 0 fully saturated rings. The average Bonchev–Trinajstić information content (AvgIpc) is 2.38. The second kappa shape index (κ2) is 7.99. The van der Waals surface area contributed by atoms with Crippen LogP contribution in [0.1, 0.15) is 19.4 Å². The quantitative estimate of drug-likeness (QED) is 0.354. The summed E-state index contributed by atoms with van der Waals surface area (Å²) in [6, 6.07) is 1.59. The van der Waals surface area contributed by atoms with Crippen LogP contribution in [-0.4, -0.2) is 30.5 Å². The van der Waals surface area contributed by atoms with Crippen LogP contribution >= 0.6 is 0 Å². The lowest BCUT2D eigenvalue weighted by Gasteiger charge is -2.26. The Morgan fingerprint density at radius 3 is 2.50 bits per heavy atom. The number of hydrogen-bond acceptors (Lipinski definition) is 6. The molecule has 0 aliphatic rings. The van der Waals surface area contributed by atoms with E-state index < -0.39 is 6.29 Å². The summed E-state index contributed by atoms with van der Waals surface area (Å²) < 4.78 is 11.0. The normalized spacial score (nSPS) is 12.9. The van der Waals surface area contributed by atoms with Gasteiger partial charge in [0.15, 0.2) is 6.29 Å². The van der Waals surface area contributed by atoms with Gasteiger partial charge in [-0.25, -0.2) is 0 Å². The summed E-state index contributed by atoms with van der Waals surface area (Å²) >= 11 is 0. The fourth-order valence-corrected chi connectivity index (χ4v) is 1.69. The highest BCUT2D eigenvalue weighted by molar-refractivity contribution is 5.44. The molecule has 0 spiro atoms. The maximum atomic E-state index is 5.88. The van der Waals surface area contributed by atoms with Crippen molar-refractivity contribution in [2.45, 2.75) is 32.6 Å². The van der Waals surface area contributed by atoms with Crippen LogP contribution in [0.4, 0.5) is 5.69 Å². The standard InChI is InChI=1S/C12H22N4O2/c1-3-17-12(18-4-2)11(16-14)7-9-8-15-6-5-10(9)13/h5-6,8,11-12,16H,3-4,7,14H2,1-2H3,(H2,13,15). The van der Waals surface area contributed by atoms with Crippen molar-refractivity contribution in [2.75, 3.05) is 18.9 Å². The molecule has 0 saturated carbocycles. The van der Waals surface area contributed by atoms with E-state index in [9.17, 15) is 0 Å². The Balaban J connectivity index is 2.73. The molecule has 102 valence electrons. The average molecular weight is 254 g/mol. The topological polar surface area (TPSA) is 95.4 Å². The van der Waals surface area contributed by atoms with Gasteiger partial charge in [-0.1, -0.05) is 0 Å². The van der Waals surface area contributed by atoms with E-state index in [2.05, 4.69) is 10.4 Å². The Labute approximate surface area is 108 Å². The predicted molar refractivity (Wildman–Crippen MR) is 70.5 cm³/mol. The maximum Gasteiger partial charge on any atom is 0.174 e. The molecule has 0 aliphatic carbocycles. The zero-order valence-corrected chi connectivity index (χ0v) is 10.9. The van der Waals surface area contributed by atoms with Crippen molar-refractivity contribution in [2.24, 2.45) is 5.84 Å². The van der Waals surface area contributed by atoms with Gasteiger partial charge in [0.2, 0.25) is 0 Å². The zero-order chi connectivity index (χ0) is 13.4. The summed E-state index contributed by atoms with van der Waals surface area (Å²) in [6.07, 6.45) is 3.59. The minimum Gasteiger partial charge on any atom is -0.398 e. The van der Waals surface area contributed by atoms with E-state index in [-0.39, 0.29) is 6.04 Å². The van der Waals surface area contributed by atoms with Crippen LogP contribution in [0.5, 0.6) is 0 Å². The number of anilines is 1. The minimum absolute atomic E-state index is 0.170. The van der Waals surface area contributed by atoms with Crippen molar-refractivity contribution in [1.82, 2.24) is 10.4 Å². The van der Waals surface area contributed by atoms with Crippen LogP contribution in [0, 0.1) is 0 Å². The highest BCUT2D eigenvalue weighted by Crippen LogP contribution is 2.14. The first-order valence-electron chi connectivity index (χ1n) is 6.10. The summed E-state index contributed by atoms with van der Waals surface area (Å²) in [5, 5.41) is 0. The molecule has 5 N–H and O–H groups in total. The molecule has 1 aromatic heterocycles. The molecule has 6 nitrogen and oxygen atoms in total. The Morgan fingerprint density at radius 1 is 1.33 bits per heavy atom. The van der Waals surface area contributed by atoms with Crippen LogP contribution in [0.25, 0.3) is 0 Å². The molecule has 0 aliphatic heterocycles. The summed E-state index contributed by atoms with van der Waals surface area (Å²) in [5.41, 5.74) is 10.2. The highest BCUT2D eigenvalue weighted by atomic mass is 16.7. The van der Waals surface area contributed by atoms with Crippen molar-refractivity contribution >= 4 is 5.69 Å². The van der Waals surface area contributed by atoms with Gasteiger partial charge in [0.25, 0.3) is 0 Å². The number of pyridine rings is 1. The number of hydrazine groups is 1. The van der Waals surface area contributed by atoms with Crippen LogP contribution in [0.3, 0.4) is 0 Å². The second-order valence-corrected chi connectivity index (χ2v) is 3.83. The Bertz CT molecular complexity index is 343. The number of nitrogen functional groups attached to an aromatic ring is 1. The first-order chi connectivity index (χ1) is 8.72. The Kier molecular flexibility index (Phi) is 6.59. The predicted octanol–water partition coefficient (Wildman–Crippen LogP) is 0.437. The van der Waals surface area contributed by atoms with E-state index in [1.54, 1.807) is 18.5 Å². The van der Waals surface area contributed by atoms with Gasteiger partial charge in [0.05, 0.1) is 6.04 Å². The van der Waals surface area contributed by atoms with Gasteiger partial charge < -0.3 is 15.2 Å². The molecule has 1 atom stereocenters. The SMILES string of the molecule is CCOC(OCC)C(Cc1cnccc1N)NN. The van der Waals surface area contributed by atoms with Gasteiger partial charge in [0, 0.05) is 31.3 Å². The summed E-state index contributed by atoms with van der Waals surface area (Å²) in [7, 11) is 0. The summed E-state index contributed by atoms with van der Waals surface area (Å²) in [6.45, 7) is 4.95. The number of aromatic nitrogens is 1. The van der Waals surface area contributed by atoms with Crippen LogP contribution < -0.4 is 17.0 Å². The molecule has 0 amide bonds. The Hall–Kier alpha value is -1.21. The molecule has 18 heavy (non-hydrogen) atoms. The lowest BCUT2D eigenvalue weighted by atomic mass is 10.1.